The van der Waals surface area contributed by atoms with Gasteiger partial charge >= 0.3 is 5.69 Å². The first-order valence-electron chi connectivity index (χ1n) is 12.7. The molecule has 2 aromatic heterocycles. The minimum absolute atomic E-state index is 0.00953. The van der Waals surface area contributed by atoms with Crippen LogP contribution in [-0.4, -0.2) is 55.6 Å². The summed E-state index contributed by atoms with van der Waals surface area (Å²) >= 11 is 0. The molecule has 0 fully saturated rings. The predicted octanol–water partition coefficient (Wildman–Crippen LogP) is 3.25. The van der Waals surface area contributed by atoms with Crippen molar-refractivity contribution in [2.24, 2.45) is 0 Å². The molecule has 0 aliphatic heterocycles. The number of nitriles is 1. The maximum atomic E-state index is 13.7. The number of benzene rings is 2. The van der Waals surface area contributed by atoms with E-state index in [1.54, 1.807) is 37.3 Å². The Bertz CT molecular complexity index is 1650. The summed E-state index contributed by atoms with van der Waals surface area (Å²) in [6, 6.07) is 17.8. The van der Waals surface area contributed by atoms with Crippen LogP contribution >= 0.6 is 0 Å². The lowest BCUT2D eigenvalue weighted by Gasteiger charge is -2.29. The largest absolute Gasteiger partial charge is 0.457 e. The van der Waals surface area contributed by atoms with Gasteiger partial charge < -0.3 is 20.7 Å². The fourth-order valence-corrected chi connectivity index (χ4v) is 4.05. The molecule has 206 valence electrons. The van der Waals surface area contributed by atoms with Gasteiger partial charge in [-0.25, -0.2) is 14.8 Å². The fourth-order valence-electron chi connectivity index (χ4n) is 4.05. The summed E-state index contributed by atoms with van der Waals surface area (Å²) in [6.45, 7) is 5.65. The second-order valence-corrected chi connectivity index (χ2v) is 10.2. The third-order valence-electron chi connectivity index (χ3n) is 6.66. The van der Waals surface area contributed by atoms with Crippen molar-refractivity contribution >= 4 is 22.9 Å². The Morgan fingerprint density at radius 3 is 2.42 bits per heavy atom. The van der Waals surface area contributed by atoms with E-state index in [0.717, 1.165) is 0 Å². The fraction of sp³-hybridized carbons (Fsp3) is 0.276. The Balaban J connectivity index is 1.63. The Kier molecular flexibility index (Phi) is 8.02. The van der Waals surface area contributed by atoms with E-state index in [9.17, 15) is 14.9 Å². The number of rotatable bonds is 9. The lowest BCUT2D eigenvalue weighted by Crippen LogP contribution is -2.41. The molecular weight excluding hydrogens is 508 g/mol. The van der Waals surface area contributed by atoms with Crippen LogP contribution in [0.25, 0.3) is 16.9 Å². The van der Waals surface area contributed by atoms with Crippen LogP contribution in [0.15, 0.2) is 77.4 Å². The number of imidazole rings is 1. The van der Waals surface area contributed by atoms with Crippen LogP contribution in [0.3, 0.4) is 0 Å². The molecule has 11 heteroatoms. The molecule has 0 saturated carbocycles. The van der Waals surface area contributed by atoms with E-state index in [4.69, 9.17) is 10.5 Å². The second kappa shape index (κ2) is 11.4. The van der Waals surface area contributed by atoms with Gasteiger partial charge in [0.25, 0.3) is 5.91 Å². The van der Waals surface area contributed by atoms with Crippen molar-refractivity contribution in [2.45, 2.75) is 38.9 Å². The number of aromatic nitrogens is 4. The lowest BCUT2D eigenvalue weighted by molar-refractivity contribution is -0.117. The summed E-state index contributed by atoms with van der Waals surface area (Å²) in [4.78, 5) is 36.9. The molecule has 0 radical (unpaired) electrons. The molecule has 1 unspecified atom stereocenters. The van der Waals surface area contributed by atoms with Crippen molar-refractivity contribution in [3.05, 3.63) is 83.1 Å². The zero-order valence-corrected chi connectivity index (χ0v) is 23.1. The predicted molar refractivity (Wildman–Crippen MR) is 153 cm³/mol. The number of nitrogens with two attached hydrogens (primary N) is 1. The maximum Gasteiger partial charge on any atom is 0.335 e. The average Bonchev–Trinajstić information content (AvgIpc) is 3.20. The van der Waals surface area contributed by atoms with Gasteiger partial charge in [-0.05, 0) is 77.3 Å². The highest BCUT2D eigenvalue weighted by atomic mass is 16.5. The first-order valence-corrected chi connectivity index (χ1v) is 12.7. The summed E-state index contributed by atoms with van der Waals surface area (Å²) in [5, 5.41) is 12.4. The van der Waals surface area contributed by atoms with Crippen molar-refractivity contribution in [1.82, 2.24) is 29.3 Å². The van der Waals surface area contributed by atoms with Gasteiger partial charge in [0.15, 0.2) is 11.5 Å². The van der Waals surface area contributed by atoms with Crippen LogP contribution in [0.2, 0.25) is 0 Å². The van der Waals surface area contributed by atoms with E-state index < -0.39 is 23.2 Å². The molecule has 3 N–H and O–H groups in total. The Morgan fingerprint density at radius 1 is 1.15 bits per heavy atom. The van der Waals surface area contributed by atoms with Gasteiger partial charge in [0, 0.05) is 18.1 Å². The summed E-state index contributed by atoms with van der Waals surface area (Å²) < 4.78 is 8.74. The highest BCUT2D eigenvalue weighted by molar-refractivity contribution is 5.97. The zero-order valence-electron chi connectivity index (χ0n) is 23.1. The summed E-state index contributed by atoms with van der Waals surface area (Å²) in [7, 11) is 3.73. The number of nitrogens with one attached hydrogen (secondary N) is 1. The van der Waals surface area contributed by atoms with E-state index in [1.165, 1.54) is 15.5 Å². The van der Waals surface area contributed by atoms with Gasteiger partial charge in [-0.15, -0.1) is 0 Å². The molecule has 0 bridgehead atoms. The SMILES string of the molecule is CC(Cn1c(=O)n(-c2ccc(Oc3ccccc3)cc2)c2c(N)ncnc21)NC(=O)C(C#N)=CC(C)(C)N(C)C. The van der Waals surface area contributed by atoms with Crippen molar-refractivity contribution < 1.29 is 9.53 Å². The molecule has 0 saturated heterocycles. The Hall–Kier alpha value is -4.95. The van der Waals surface area contributed by atoms with Crippen LogP contribution in [0.1, 0.15) is 20.8 Å². The smallest absolute Gasteiger partial charge is 0.335 e. The number of hydrogen-bond acceptors (Lipinski definition) is 8. The Labute approximate surface area is 232 Å². The number of fused-ring (bicyclic) bond motifs is 1. The zero-order chi connectivity index (χ0) is 29.0. The molecule has 11 nitrogen and oxygen atoms in total. The number of para-hydroxylation sites is 1. The van der Waals surface area contributed by atoms with Crippen molar-refractivity contribution in [3.63, 3.8) is 0 Å². The van der Waals surface area contributed by atoms with E-state index in [0.29, 0.717) is 28.4 Å². The highest BCUT2D eigenvalue weighted by Gasteiger charge is 2.24. The maximum absolute atomic E-state index is 13.7. The third-order valence-corrected chi connectivity index (χ3v) is 6.66. The lowest BCUT2D eigenvalue weighted by atomic mass is 10.00. The van der Waals surface area contributed by atoms with Gasteiger partial charge in [-0.2, -0.15) is 5.26 Å². The van der Waals surface area contributed by atoms with E-state index in [2.05, 4.69) is 15.3 Å². The van der Waals surface area contributed by atoms with Crippen LogP contribution in [0.4, 0.5) is 5.82 Å². The number of likely N-dealkylation sites (N-methyl/N-ethyl adjacent to an activating group) is 1. The first-order chi connectivity index (χ1) is 19.0. The molecule has 1 atom stereocenters. The van der Waals surface area contributed by atoms with Crippen molar-refractivity contribution in [1.29, 1.82) is 5.26 Å². The number of carbonyl (C=O) groups is 1. The molecule has 0 spiro atoms. The molecule has 0 aliphatic rings. The molecule has 2 aromatic carbocycles. The molecule has 4 rings (SSSR count). The number of anilines is 1. The molecule has 1 amide bonds. The number of carbonyl (C=O) groups excluding carboxylic acids is 1. The van der Waals surface area contributed by atoms with Gasteiger partial charge in [0.05, 0.1) is 5.69 Å². The number of hydrogen-bond donors (Lipinski definition) is 2. The first kappa shape index (κ1) is 28.1. The highest BCUT2D eigenvalue weighted by Crippen LogP contribution is 2.25. The van der Waals surface area contributed by atoms with E-state index in [-0.39, 0.29) is 17.9 Å². The molecular formula is C29H32N8O3. The van der Waals surface area contributed by atoms with Crippen molar-refractivity contribution in [2.75, 3.05) is 19.8 Å². The minimum Gasteiger partial charge on any atom is -0.457 e. The van der Waals surface area contributed by atoms with E-state index >= 15 is 0 Å². The standard InChI is InChI=1S/C29H32N8O3/c1-19(34-27(38)20(16-30)15-29(2,3)35(4)5)17-36-26-24(25(31)32-18-33-26)37(28(36)39)21-11-13-23(14-12-21)40-22-9-7-6-8-10-22/h6-15,18-19H,17H2,1-5H3,(H,34,38)(H2,31,32,33). The molecule has 0 aliphatic carbocycles. The average molecular weight is 541 g/mol. The minimum atomic E-state index is -0.523. The van der Waals surface area contributed by atoms with Gasteiger partial charge in [0.1, 0.15) is 35.0 Å². The van der Waals surface area contributed by atoms with Crippen LogP contribution in [-0.2, 0) is 11.3 Å². The summed E-state index contributed by atoms with van der Waals surface area (Å²) in [6.07, 6.45) is 2.91. The molecule has 2 heterocycles. The summed E-state index contributed by atoms with van der Waals surface area (Å²) in [5.74, 6) is 0.913. The topological polar surface area (TPSA) is 144 Å². The van der Waals surface area contributed by atoms with Gasteiger partial charge in [-0.1, -0.05) is 18.2 Å². The number of amides is 1. The van der Waals surface area contributed by atoms with E-state index in [1.807, 2.05) is 69.2 Å². The van der Waals surface area contributed by atoms with Crippen LogP contribution < -0.4 is 21.5 Å². The Morgan fingerprint density at radius 2 is 1.80 bits per heavy atom. The van der Waals surface area contributed by atoms with Crippen LogP contribution in [0.5, 0.6) is 11.5 Å². The number of nitrogens with zero attached hydrogens (tertiary/aromatic N) is 6. The summed E-state index contributed by atoms with van der Waals surface area (Å²) in [5.41, 5.74) is 6.51. The number of nitrogen functional groups attached to an aromatic ring is 1. The normalized spacial score (nSPS) is 12.8. The van der Waals surface area contributed by atoms with Crippen molar-refractivity contribution in [3.8, 4) is 23.3 Å². The second-order valence-electron chi connectivity index (χ2n) is 10.2. The monoisotopic (exact) mass is 540 g/mol. The molecule has 40 heavy (non-hydrogen) atoms. The molecule has 4 aromatic rings. The van der Waals surface area contributed by atoms with Gasteiger partial charge in [-0.3, -0.25) is 13.9 Å². The van der Waals surface area contributed by atoms with Crippen LogP contribution in [0, 0.1) is 11.3 Å². The number of ether oxygens (including phenoxy) is 1. The van der Waals surface area contributed by atoms with Gasteiger partial charge in [0.2, 0.25) is 0 Å². The quantitative estimate of drug-likeness (QED) is 0.243. The third kappa shape index (κ3) is 5.87.